The molecule has 1 aliphatic carbocycles. The van der Waals surface area contributed by atoms with Gasteiger partial charge in [-0.25, -0.2) is 0 Å². The number of rotatable bonds is 5. The number of hydrogen-bond acceptors (Lipinski definition) is 2. The van der Waals surface area contributed by atoms with Crippen molar-refractivity contribution >= 4 is 17.5 Å². The van der Waals surface area contributed by atoms with E-state index in [1.807, 2.05) is 24.3 Å². The largest absolute Gasteiger partial charge is 0.348 e. The van der Waals surface area contributed by atoms with Crippen molar-refractivity contribution in [2.75, 3.05) is 19.6 Å². The lowest BCUT2D eigenvalue weighted by atomic mass is 9.99. The Hall–Kier alpha value is -1.06. The average molecular weight is 321 g/mol. The third-order valence-corrected chi connectivity index (χ3v) is 5.13. The maximum atomic E-state index is 12.4. The maximum Gasteiger partial charge on any atom is 0.234 e. The second kappa shape index (κ2) is 7.01. The first kappa shape index (κ1) is 15.8. The average Bonchev–Trinajstić information content (AvgIpc) is 3.33. The van der Waals surface area contributed by atoms with Gasteiger partial charge >= 0.3 is 0 Å². The van der Waals surface area contributed by atoms with Crippen molar-refractivity contribution in [1.82, 2.24) is 10.2 Å². The Morgan fingerprint density at radius 1 is 1.23 bits per heavy atom. The highest BCUT2D eigenvalue weighted by Gasteiger charge is 2.33. The first-order valence-electron chi connectivity index (χ1n) is 8.39. The van der Waals surface area contributed by atoms with Crippen LogP contribution in [-0.2, 0) is 4.79 Å². The van der Waals surface area contributed by atoms with Gasteiger partial charge in [-0.05, 0) is 68.3 Å². The van der Waals surface area contributed by atoms with Crippen LogP contribution < -0.4 is 5.32 Å². The fourth-order valence-electron chi connectivity index (χ4n) is 3.22. The molecule has 3 nitrogen and oxygen atoms in total. The monoisotopic (exact) mass is 320 g/mol. The minimum absolute atomic E-state index is 0.147. The molecule has 1 aromatic carbocycles. The van der Waals surface area contributed by atoms with E-state index in [1.54, 1.807) is 0 Å². The summed E-state index contributed by atoms with van der Waals surface area (Å²) in [6, 6.07) is 8.03. The molecule has 1 N–H and O–H groups in total. The van der Waals surface area contributed by atoms with E-state index in [-0.39, 0.29) is 11.9 Å². The van der Waals surface area contributed by atoms with Gasteiger partial charge in [-0.1, -0.05) is 30.7 Å². The van der Waals surface area contributed by atoms with Crippen molar-refractivity contribution in [3.05, 3.63) is 34.9 Å². The maximum absolute atomic E-state index is 12.4. The van der Waals surface area contributed by atoms with Crippen LogP contribution in [0.1, 0.15) is 44.2 Å². The third kappa shape index (κ3) is 4.23. The van der Waals surface area contributed by atoms with E-state index in [9.17, 15) is 4.79 Å². The lowest BCUT2D eigenvalue weighted by molar-refractivity contribution is -0.123. The van der Waals surface area contributed by atoms with E-state index in [2.05, 4.69) is 17.1 Å². The molecule has 0 bridgehead atoms. The first-order valence-corrected chi connectivity index (χ1v) is 8.77. The summed E-state index contributed by atoms with van der Waals surface area (Å²) in [5.41, 5.74) is 1.17. The smallest absolute Gasteiger partial charge is 0.234 e. The molecule has 1 unspecified atom stereocenters. The van der Waals surface area contributed by atoms with Crippen molar-refractivity contribution in [2.24, 2.45) is 11.8 Å². The van der Waals surface area contributed by atoms with Crippen LogP contribution in [0.15, 0.2) is 24.3 Å². The molecule has 120 valence electrons. The summed E-state index contributed by atoms with van der Waals surface area (Å²) in [6.07, 6.45) is 4.82. The molecule has 1 atom stereocenters. The Morgan fingerprint density at radius 3 is 2.45 bits per heavy atom. The van der Waals surface area contributed by atoms with Gasteiger partial charge in [0.05, 0.1) is 12.6 Å². The SMILES string of the molecule is CC1CCN(CC(=O)NC(c2ccc(Cl)cc2)C2CC2)CC1. The molecule has 0 radical (unpaired) electrons. The summed E-state index contributed by atoms with van der Waals surface area (Å²) in [5.74, 6) is 1.54. The van der Waals surface area contributed by atoms with Crippen molar-refractivity contribution in [3.63, 3.8) is 0 Å². The minimum atomic E-state index is 0.147. The summed E-state index contributed by atoms with van der Waals surface area (Å²) in [5, 5.41) is 3.99. The van der Waals surface area contributed by atoms with Crippen LogP contribution in [0, 0.1) is 11.8 Å². The number of hydrogen-bond donors (Lipinski definition) is 1. The lowest BCUT2D eigenvalue weighted by Crippen LogP contribution is -2.42. The van der Waals surface area contributed by atoms with Gasteiger partial charge in [0.25, 0.3) is 0 Å². The number of carbonyl (C=O) groups excluding carboxylic acids is 1. The third-order valence-electron chi connectivity index (χ3n) is 4.88. The Balaban J connectivity index is 1.57. The summed E-state index contributed by atoms with van der Waals surface area (Å²) < 4.78 is 0. The van der Waals surface area contributed by atoms with Crippen LogP contribution in [0.25, 0.3) is 0 Å². The summed E-state index contributed by atoms with van der Waals surface area (Å²) in [4.78, 5) is 14.7. The quantitative estimate of drug-likeness (QED) is 0.898. The van der Waals surface area contributed by atoms with E-state index >= 15 is 0 Å². The summed E-state index contributed by atoms with van der Waals surface area (Å²) >= 11 is 5.96. The number of nitrogens with one attached hydrogen (secondary N) is 1. The molecule has 0 aromatic heterocycles. The molecule has 1 saturated heterocycles. The molecule has 1 saturated carbocycles. The molecular weight excluding hydrogens is 296 g/mol. The van der Waals surface area contributed by atoms with Gasteiger partial charge in [0.15, 0.2) is 0 Å². The standard InChI is InChI=1S/C18H25ClN2O/c1-13-8-10-21(11-9-13)12-17(22)20-18(14-2-3-14)15-4-6-16(19)7-5-15/h4-7,13-14,18H,2-3,8-12H2,1H3,(H,20,22). The fraction of sp³-hybridized carbons (Fsp3) is 0.611. The zero-order valence-corrected chi connectivity index (χ0v) is 14.0. The summed E-state index contributed by atoms with van der Waals surface area (Å²) in [7, 11) is 0. The molecular formula is C18H25ClN2O. The molecule has 4 heteroatoms. The molecule has 2 fully saturated rings. The van der Waals surface area contributed by atoms with E-state index < -0.39 is 0 Å². The zero-order valence-electron chi connectivity index (χ0n) is 13.2. The number of carbonyl (C=O) groups is 1. The van der Waals surface area contributed by atoms with Gasteiger partial charge in [0, 0.05) is 5.02 Å². The number of halogens is 1. The molecule has 1 aromatic rings. The molecule has 1 amide bonds. The highest BCUT2D eigenvalue weighted by Crippen LogP contribution is 2.41. The van der Waals surface area contributed by atoms with Crippen LogP contribution in [0.5, 0.6) is 0 Å². The van der Waals surface area contributed by atoms with Crippen molar-refractivity contribution in [3.8, 4) is 0 Å². The van der Waals surface area contributed by atoms with E-state index in [4.69, 9.17) is 11.6 Å². The normalized spacial score (nSPS) is 21.5. The van der Waals surface area contributed by atoms with Gasteiger partial charge in [0.1, 0.15) is 0 Å². The molecule has 2 aliphatic rings. The Morgan fingerprint density at radius 2 is 1.86 bits per heavy atom. The van der Waals surface area contributed by atoms with Crippen molar-refractivity contribution < 1.29 is 4.79 Å². The van der Waals surface area contributed by atoms with Crippen LogP contribution in [0.4, 0.5) is 0 Å². The molecule has 22 heavy (non-hydrogen) atoms. The molecule has 1 heterocycles. The van der Waals surface area contributed by atoms with Gasteiger partial charge in [-0.3, -0.25) is 9.69 Å². The molecule has 1 aliphatic heterocycles. The fourth-order valence-corrected chi connectivity index (χ4v) is 3.34. The van der Waals surface area contributed by atoms with Crippen LogP contribution in [0.2, 0.25) is 5.02 Å². The molecule has 3 rings (SSSR count). The zero-order chi connectivity index (χ0) is 15.5. The molecule has 0 spiro atoms. The predicted octanol–water partition coefficient (Wildman–Crippen LogP) is 3.64. The first-order chi connectivity index (χ1) is 10.6. The van der Waals surface area contributed by atoms with E-state index in [0.717, 1.165) is 24.0 Å². The number of piperidine rings is 1. The second-order valence-corrected chi connectivity index (χ2v) is 7.33. The Labute approximate surface area is 138 Å². The Kier molecular flexibility index (Phi) is 5.04. The lowest BCUT2D eigenvalue weighted by Gasteiger charge is -2.30. The van der Waals surface area contributed by atoms with E-state index in [0.29, 0.717) is 12.5 Å². The highest BCUT2D eigenvalue weighted by molar-refractivity contribution is 6.30. The Bertz CT molecular complexity index is 504. The van der Waals surface area contributed by atoms with Gasteiger partial charge < -0.3 is 5.32 Å². The van der Waals surface area contributed by atoms with Gasteiger partial charge in [-0.2, -0.15) is 0 Å². The van der Waals surface area contributed by atoms with Crippen LogP contribution in [0.3, 0.4) is 0 Å². The van der Waals surface area contributed by atoms with Crippen LogP contribution in [-0.4, -0.2) is 30.4 Å². The summed E-state index contributed by atoms with van der Waals surface area (Å²) in [6.45, 7) is 4.91. The van der Waals surface area contributed by atoms with Gasteiger partial charge in [-0.15, -0.1) is 0 Å². The number of nitrogens with zero attached hydrogens (tertiary/aromatic N) is 1. The number of likely N-dealkylation sites (tertiary alicyclic amines) is 1. The van der Waals surface area contributed by atoms with E-state index in [1.165, 1.54) is 31.2 Å². The number of amides is 1. The van der Waals surface area contributed by atoms with Crippen LogP contribution >= 0.6 is 11.6 Å². The predicted molar refractivity (Wildman–Crippen MR) is 89.9 cm³/mol. The van der Waals surface area contributed by atoms with Gasteiger partial charge in [0.2, 0.25) is 5.91 Å². The van der Waals surface area contributed by atoms with Crippen molar-refractivity contribution in [1.29, 1.82) is 0 Å². The second-order valence-electron chi connectivity index (χ2n) is 6.89. The number of benzene rings is 1. The minimum Gasteiger partial charge on any atom is -0.348 e. The van der Waals surface area contributed by atoms with Crippen molar-refractivity contribution in [2.45, 2.75) is 38.6 Å². The highest BCUT2D eigenvalue weighted by atomic mass is 35.5. The topological polar surface area (TPSA) is 32.3 Å².